The molecule has 112 valence electrons. The number of nitrogens with zero attached hydrogens (tertiary/aromatic N) is 2. The molecule has 0 bridgehead atoms. The number of carbonyl (C=O) groups excluding carboxylic acids is 1. The summed E-state index contributed by atoms with van der Waals surface area (Å²) in [7, 11) is 1.44. The number of hydrogen-bond donors (Lipinski definition) is 3. The molecule has 1 aromatic heterocycles. The standard InChI is InChI=1S/C11H16F3N5O/c1-10(2,8(15)20)5-17-7-4-6(16-3)18-9(19-7)11(12,13)14/h4H,5H2,1-3H3,(H2,15,20)(H2,16,17,18,19). The van der Waals surface area contributed by atoms with Gasteiger partial charge in [0, 0.05) is 19.7 Å². The number of primary amides is 1. The van der Waals surface area contributed by atoms with E-state index in [2.05, 4.69) is 20.6 Å². The lowest BCUT2D eigenvalue weighted by Gasteiger charge is -2.21. The molecule has 6 nitrogen and oxygen atoms in total. The molecular formula is C11H16F3N5O. The van der Waals surface area contributed by atoms with E-state index in [-0.39, 0.29) is 18.2 Å². The van der Waals surface area contributed by atoms with Crippen LogP contribution < -0.4 is 16.4 Å². The van der Waals surface area contributed by atoms with Crippen molar-refractivity contribution in [1.82, 2.24) is 9.97 Å². The first-order valence-corrected chi connectivity index (χ1v) is 5.74. The van der Waals surface area contributed by atoms with Gasteiger partial charge in [0.1, 0.15) is 11.6 Å². The Morgan fingerprint density at radius 2 is 1.85 bits per heavy atom. The van der Waals surface area contributed by atoms with Crippen LogP contribution in [0.5, 0.6) is 0 Å². The molecule has 0 aliphatic rings. The summed E-state index contributed by atoms with van der Waals surface area (Å²) in [5, 5.41) is 5.18. The zero-order chi connectivity index (χ0) is 15.6. The van der Waals surface area contributed by atoms with E-state index < -0.39 is 23.3 Å². The van der Waals surface area contributed by atoms with Crippen LogP contribution in [-0.2, 0) is 11.0 Å². The van der Waals surface area contributed by atoms with Gasteiger partial charge in [-0.25, -0.2) is 9.97 Å². The Balaban J connectivity index is 2.98. The second kappa shape index (κ2) is 5.51. The van der Waals surface area contributed by atoms with E-state index in [4.69, 9.17) is 5.73 Å². The Hall–Kier alpha value is -2.06. The third kappa shape index (κ3) is 3.97. The van der Waals surface area contributed by atoms with Crippen LogP contribution >= 0.6 is 0 Å². The van der Waals surface area contributed by atoms with Crippen molar-refractivity contribution in [2.45, 2.75) is 20.0 Å². The summed E-state index contributed by atoms with van der Waals surface area (Å²) in [5.74, 6) is -1.84. The van der Waals surface area contributed by atoms with Gasteiger partial charge in [-0.05, 0) is 13.8 Å². The van der Waals surface area contributed by atoms with Crippen molar-refractivity contribution < 1.29 is 18.0 Å². The lowest BCUT2D eigenvalue weighted by molar-refractivity contribution is -0.144. The second-order valence-corrected chi connectivity index (χ2v) is 4.81. The van der Waals surface area contributed by atoms with Crippen LogP contribution in [-0.4, -0.2) is 29.5 Å². The summed E-state index contributed by atoms with van der Waals surface area (Å²) in [4.78, 5) is 17.8. The van der Waals surface area contributed by atoms with Gasteiger partial charge in [-0.15, -0.1) is 0 Å². The first-order valence-electron chi connectivity index (χ1n) is 5.74. The molecule has 0 aromatic carbocycles. The number of alkyl halides is 3. The molecule has 0 aliphatic heterocycles. The zero-order valence-electron chi connectivity index (χ0n) is 11.3. The fraction of sp³-hybridized carbons (Fsp3) is 0.545. The third-order valence-corrected chi connectivity index (χ3v) is 2.61. The van der Waals surface area contributed by atoms with E-state index in [1.807, 2.05) is 0 Å². The average Bonchev–Trinajstić information content (AvgIpc) is 2.34. The van der Waals surface area contributed by atoms with Crippen LogP contribution in [0, 0.1) is 5.41 Å². The highest BCUT2D eigenvalue weighted by atomic mass is 19.4. The molecule has 20 heavy (non-hydrogen) atoms. The van der Waals surface area contributed by atoms with Crippen molar-refractivity contribution in [3.8, 4) is 0 Å². The molecule has 1 heterocycles. The highest BCUT2D eigenvalue weighted by molar-refractivity contribution is 5.80. The third-order valence-electron chi connectivity index (χ3n) is 2.61. The number of anilines is 2. The smallest absolute Gasteiger partial charge is 0.373 e. The first-order chi connectivity index (χ1) is 9.06. The molecule has 9 heteroatoms. The molecule has 0 radical (unpaired) electrons. The fourth-order valence-electron chi connectivity index (χ4n) is 1.19. The van der Waals surface area contributed by atoms with Crippen LogP contribution in [0.3, 0.4) is 0 Å². The van der Waals surface area contributed by atoms with Crippen LogP contribution in [0.15, 0.2) is 6.07 Å². The van der Waals surface area contributed by atoms with Crippen molar-refractivity contribution in [2.75, 3.05) is 24.2 Å². The van der Waals surface area contributed by atoms with E-state index in [1.165, 1.54) is 13.1 Å². The maximum absolute atomic E-state index is 12.6. The molecule has 0 spiro atoms. The Morgan fingerprint density at radius 3 is 2.30 bits per heavy atom. The number of halogens is 3. The quantitative estimate of drug-likeness (QED) is 0.763. The number of nitrogens with one attached hydrogen (secondary N) is 2. The molecule has 0 saturated carbocycles. The molecule has 0 saturated heterocycles. The maximum atomic E-state index is 12.6. The van der Waals surface area contributed by atoms with Gasteiger partial charge in [0.05, 0.1) is 5.41 Å². The summed E-state index contributed by atoms with van der Waals surface area (Å²) in [5.41, 5.74) is 4.27. The zero-order valence-corrected chi connectivity index (χ0v) is 11.3. The fourth-order valence-corrected chi connectivity index (χ4v) is 1.19. The van der Waals surface area contributed by atoms with Crippen LogP contribution in [0.4, 0.5) is 24.8 Å². The Kier molecular flexibility index (Phi) is 4.41. The Bertz CT molecular complexity index is 501. The van der Waals surface area contributed by atoms with Crippen molar-refractivity contribution in [1.29, 1.82) is 0 Å². The molecule has 1 rings (SSSR count). The predicted molar refractivity (Wildman–Crippen MR) is 68.0 cm³/mol. The van der Waals surface area contributed by atoms with E-state index in [0.29, 0.717) is 0 Å². The van der Waals surface area contributed by atoms with Crippen LogP contribution in [0.1, 0.15) is 19.7 Å². The SMILES string of the molecule is CNc1cc(NCC(C)(C)C(N)=O)nc(C(F)(F)F)n1. The Labute approximate surface area is 114 Å². The van der Waals surface area contributed by atoms with E-state index in [1.54, 1.807) is 13.8 Å². The molecule has 0 atom stereocenters. The van der Waals surface area contributed by atoms with Gasteiger partial charge in [-0.3, -0.25) is 4.79 Å². The van der Waals surface area contributed by atoms with Crippen molar-refractivity contribution in [3.63, 3.8) is 0 Å². The first kappa shape index (κ1) is 16.0. The number of amides is 1. The van der Waals surface area contributed by atoms with Gasteiger partial charge in [0.15, 0.2) is 0 Å². The van der Waals surface area contributed by atoms with Gasteiger partial charge in [-0.1, -0.05) is 0 Å². The largest absolute Gasteiger partial charge is 0.451 e. The average molecular weight is 291 g/mol. The summed E-state index contributed by atoms with van der Waals surface area (Å²) in [6.07, 6.45) is -4.65. The summed E-state index contributed by atoms with van der Waals surface area (Å²) in [6, 6.07) is 1.31. The number of hydrogen-bond acceptors (Lipinski definition) is 5. The molecule has 0 aliphatic carbocycles. The number of aromatic nitrogens is 2. The molecule has 1 aromatic rings. The van der Waals surface area contributed by atoms with Crippen LogP contribution in [0.25, 0.3) is 0 Å². The predicted octanol–water partition coefficient (Wildman–Crippen LogP) is 1.46. The van der Waals surface area contributed by atoms with Crippen molar-refractivity contribution in [3.05, 3.63) is 11.9 Å². The highest BCUT2D eigenvalue weighted by Crippen LogP contribution is 2.28. The molecule has 0 unspecified atom stereocenters. The highest BCUT2D eigenvalue weighted by Gasteiger charge is 2.35. The lowest BCUT2D eigenvalue weighted by atomic mass is 9.93. The summed E-state index contributed by atoms with van der Waals surface area (Å²) < 4.78 is 37.9. The number of rotatable bonds is 5. The summed E-state index contributed by atoms with van der Waals surface area (Å²) in [6.45, 7) is 3.21. The molecule has 0 fully saturated rings. The minimum atomic E-state index is -4.65. The molecule has 4 N–H and O–H groups in total. The van der Waals surface area contributed by atoms with Crippen LogP contribution in [0.2, 0.25) is 0 Å². The Morgan fingerprint density at radius 1 is 1.30 bits per heavy atom. The van der Waals surface area contributed by atoms with E-state index in [9.17, 15) is 18.0 Å². The molecular weight excluding hydrogens is 275 g/mol. The van der Waals surface area contributed by atoms with E-state index >= 15 is 0 Å². The number of carbonyl (C=O) groups is 1. The van der Waals surface area contributed by atoms with Crippen molar-refractivity contribution >= 4 is 17.5 Å². The normalized spacial score (nSPS) is 12.1. The summed E-state index contributed by atoms with van der Waals surface area (Å²) >= 11 is 0. The lowest BCUT2D eigenvalue weighted by Crippen LogP contribution is -2.37. The molecule has 1 amide bonds. The minimum Gasteiger partial charge on any atom is -0.373 e. The monoisotopic (exact) mass is 291 g/mol. The van der Waals surface area contributed by atoms with Gasteiger partial charge < -0.3 is 16.4 Å². The van der Waals surface area contributed by atoms with Crippen molar-refractivity contribution in [2.24, 2.45) is 11.1 Å². The second-order valence-electron chi connectivity index (χ2n) is 4.81. The minimum absolute atomic E-state index is 0.0201. The number of nitrogens with two attached hydrogens (primary N) is 1. The van der Waals surface area contributed by atoms with E-state index in [0.717, 1.165) is 0 Å². The van der Waals surface area contributed by atoms with Gasteiger partial charge in [-0.2, -0.15) is 13.2 Å². The van der Waals surface area contributed by atoms with Gasteiger partial charge >= 0.3 is 6.18 Å². The van der Waals surface area contributed by atoms with Gasteiger partial charge in [0.2, 0.25) is 11.7 Å². The topological polar surface area (TPSA) is 92.9 Å². The van der Waals surface area contributed by atoms with Gasteiger partial charge in [0.25, 0.3) is 0 Å². The maximum Gasteiger partial charge on any atom is 0.451 e.